The molecule has 2 aromatic rings. The molecule has 1 aromatic carbocycles. The van der Waals surface area contributed by atoms with Crippen molar-refractivity contribution in [3.63, 3.8) is 0 Å². The Morgan fingerprint density at radius 1 is 1.26 bits per heavy atom. The van der Waals surface area contributed by atoms with E-state index in [4.69, 9.17) is 4.42 Å². The van der Waals surface area contributed by atoms with Crippen LogP contribution in [0.4, 0.5) is 0 Å². The van der Waals surface area contributed by atoms with E-state index >= 15 is 0 Å². The van der Waals surface area contributed by atoms with E-state index in [9.17, 15) is 4.79 Å². The van der Waals surface area contributed by atoms with Crippen LogP contribution < -0.4 is 5.32 Å². The first-order valence-corrected chi connectivity index (χ1v) is 8.21. The van der Waals surface area contributed by atoms with Gasteiger partial charge in [-0.25, -0.2) is 0 Å². The minimum absolute atomic E-state index is 0.0273. The molecule has 1 fully saturated rings. The molecule has 1 unspecified atom stereocenters. The molecule has 0 saturated heterocycles. The average molecular weight is 312 g/mol. The molecule has 1 aliphatic rings. The van der Waals surface area contributed by atoms with Crippen LogP contribution in [0.15, 0.2) is 47.1 Å². The highest BCUT2D eigenvalue weighted by molar-refractivity contribution is 5.95. The van der Waals surface area contributed by atoms with E-state index in [0.29, 0.717) is 18.0 Å². The number of nitrogens with one attached hydrogen (secondary N) is 1. The molecule has 0 radical (unpaired) electrons. The first kappa shape index (κ1) is 15.8. The van der Waals surface area contributed by atoms with Crippen molar-refractivity contribution in [3.8, 4) is 0 Å². The van der Waals surface area contributed by atoms with Crippen LogP contribution in [0, 0.1) is 0 Å². The molecule has 0 spiro atoms. The van der Waals surface area contributed by atoms with E-state index < -0.39 is 0 Å². The van der Waals surface area contributed by atoms with Gasteiger partial charge in [0.05, 0.1) is 11.8 Å². The maximum absolute atomic E-state index is 12.4. The second-order valence-electron chi connectivity index (χ2n) is 6.49. The Labute approximate surface area is 137 Å². The normalized spacial score (nSPS) is 15.6. The Hall–Kier alpha value is -2.07. The molecule has 1 heterocycles. The number of carbonyl (C=O) groups is 1. The minimum atomic E-state index is -0.0273. The monoisotopic (exact) mass is 312 g/mol. The van der Waals surface area contributed by atoms with Gasteiger partial charge in [0.25, 0.3) is 5.91 Å². The molecule has 1 atom stereocenters. The molecule has 1 amide bonds. The quantitative estimate of drug-likeness (QED) is 0.854. The van der Waals surface area contributed by atoms with Gasteiger partial charge in [-0.1, -0.05) is 30.3 Å². The summed E-state index contributed by atoms with van der Waals surface area (Å²) >= 11 is 0. The van der Waals surface area contributed by atoms with Crippen LogP contribution in [0.3, 0.4) is 0 Å². The van der Waals surface area contributed by atoms with Crippen molar-refractivity contribution >= 4 is 5.91 Å². The molecule has 1 saturated carbocycles. The topological polar surface area (TPSA) is 45.5 Å². The van der Waals surface area contributed by atoms with Crippen molar-refractivity contribution in [1.29, 1.82) is 0 Å². The van der Waals surface area contributed by atoms with Crippen molar-refractivity contribution in [2.75, 3.05) is 20.6 Å². The highest BCUT2D eigenvalue weighted by atomic mass is 16.3. The van der Waals surface area contributed by atoms with Gasteiger partial charge in [0.15, 0.2) is 0 Å². The van der Waals surface area contributed by atoms with Gasteiger partial charge in [-0.2, -0.15) is 0 Å². The van der Waals surface area contributed by atoms with E-state index in [1.807, 2.05) is 32.3 Å². The van der Waals surface area contributed by atoms with Crippen LogP contribution in [0.1, 0.15) is 40.4 Å². The predicted octanol–water partition coefficient (Wildman–Crippen LogP) is 3.06. The lowest BCUT2D eigenvalue weighted by molar-refractivity contribution is 0.0939. The lowest BCUT2D eigenvalue weighted by Crippen LogP contribution is -2.41. The molecule has 1 aliphatic carbocycles. The summed E-state index contributed by atoms with van der Waals surface area (Å²) in [6.45, 7) is 0.621. The summed E-state index contributed by atoms with van der Waals surface area (Å²) in [5.41, 5.74) is 1.98. The fourth-order valence-electron chi connectivity index (χ4n) is 2.80. The number of amides is 1. The third-order valence-corrected chi connectivity index (χ3v) is 4.43. The molecule has 23 heavy (non-hydrogen) atoms. The smallest absolute Gasteiger partial charge is 0.254 e. The third-order valence-electron chi connectivity index (χ3n) is 4.43. The zero-order chi connectivity index (χ0) is 16.2. The fraction of sp³-hybridized carbons (Fsp3) is 0.421. The summed E-state index contributed by atoms with van der Waals surface area (Å²) < 4.78 is 5.49. The first-order valence-electron chi connectivity index (χ1n) is 8.21. The lowest BCUT2D eigenvalue weighted by atomic mass is 10.0. The summed E-state index contributed by atoms with van der Waals surface area (Å²) in [5.74, 6) is 1.27. The number of nitrogens with zero attached hydrogens (tertiary/aromatic N) is 1. The van der Waals surface area contributed by atoms with E-state index in [-0.39, 0.29) is 11.9 Å². The zero-order valence-electron chi connectivity index (χ0n) is 13.8. The van der Waals surface area contributed by atoms with Crippen LogP contribution >= 0.6 is 0 Å². The summed E-state index contributed by atoms with van der Waals surface area (Å²) in [6, 6.07) is 12.4. The second-order valence-corrected chi connectivity index (χ2v) is 6.49. The Balaban J connectivity index is 1.60. The molecule has 122 valence electrons. The van der Waals surface area contributed by atoms with Gasteiger partial charge in [-0.15, -0.1) is 0 Å². The molecular weight excluding hydrogens is 288 g/mol. The summed E-state index contributed by atoms with van der Waals surface area (Å²) in [7, 11) is 4.10. The van der Waals surface area contributed by atoms with Crippen LogP contribution in [0.25, 0.3) is 0 Å². The molecule has 1 N–H and O–H groups in total. The van der Waals surface area contributed by atoms with Crippen molar-refractivity contribution in [2.45, 2.75) is 31.2 Å². The van der Waals surface area contributed by atoms with Crippen LogP contribution in [0.5, 0.6) is 0 Å². The molecule has 1 aromatic heterocycles. The largest absolute Gasteiger partial charge is 0.468 e. The maximum Gasteiger partial charge on any atom is 0.254 e. The van der Waals surface area contributed by atoms with Gasteiger partial charge in [0.2, 0.25) is 0 Å². The standard InChI is InChI=1S/C19H24N2O2/c1-21(2)16(12-14-6-4-3-5-7-14)13-20-19(22)17-10-11-23-18(17)15-8-9-15/h3-7,10-11,15-16H,8-9,12-13H2,1-2H3,(H,20,22). The molecule has 4 nitrogen and oxygen atoms in total. The maximum atomic E-state index is 12.4. The first-order chi connectivity index (χ1) is 11.1. The Bertz CT molecular complexity index is 644. The highest BCUT2D eigenvalue weighted by Crippen LogP contribution is 2.42. The molecule has 4 heteroatoms. The van der Waals surface area contributed by atoms with Crippen molar-refractivity contribution < 1.29 is 9.21 Å². The van der Waals surface area contributed by atoms with Gasteiger partial charge < -0.3 is 14.6 Å². The SMILES string of the molecule is CN(C)C(CNC(=O)c1ccoc1C1CC1)Cc1ccccc1. The number of rotatable bonds is 7. The van der Waals surface area contributed by atoms with Gasteiger partial charge in [-0.05, 0) is 45.0 Å². The predicted molar refractivity (Wildman–Crippen MR) is 90.6 cm³/mol. The van der Waals surface area contributed by atoms with Crippen molar-refractivity contribution in [2.24, 2.45) is 0 Å². The van der Waals surface area contributed by atoms with Crippen molar-refractivity contribution in [3.05, 3.63) is 59.5 Å². The van der Waals surface area contributed by atoms with Crippen LogP contribution in [0.2, 0.25) is 0 Å². The van der Waals surface area contributed by atoms with Gasteiger partial charge in [0.1, 0.15) is 5.76 Å². The van der Waals surface area contributed by atoms with E-state index in [0.717, 1.165) is 25.0 Å². The number of carbonyl (C=O) groups excluding carboxylic acids is 1. The van der Waals surface area contributed by atoms with E-state index in [1.165, 1.54) is 5.56 Å². The fourth-order valence-corrected chi connectivity index (χ4v) is 2.80. The van der Waals surface area contributed by atoms with E-state index in [1.54, 1.807) is 12.3 Å². The minimum Gasteiger partial charge on any atom is -0.468 e. The zero-order valence-corrected chi connectivity index (χ0v) is 13.8. The Morgan fingerprint density at radius 3 is 2.65 bits per heavy atom. The molecular formula is C19H24N2O2. The van der Waals surface area contributed by atoms with Gasteiger partial charge in [-0.3, -0.25) is 4.79 Å². The Kier molecular flexibility index (Phi) is 4.82. The third kappa shape index (κ3) is 4.02. The van der Waals surface area contributed by atoms with E-state index in [2.05, 4.69) is 22.3 Å². The highest BCUT2D eigenvalue weighted by Gasteiger charge is 2.31. The summed E-state index contributed by atoms with van der Waals surface area (Å²) in [4.78, 5) is 14.6. The van der Waals surface area contributed by atoms with Gasteiger partial charge in [0, 0.05) is 18.5 Å². The Morgan fingerprint density at radius 2 is 2.00 bits per heavy atom. The number of likely N-dealkylation sites (N-methyl/N-ethyl adjacent to an activating group) is 1. The summed E-state index contributed by atoms with van der Waals surface area (Å²) in [5, 5.41) is 3.07. The number of furan rings is 1. The van der Waals surface area contributed by atoms with Crippen molar-refractivity contribution in [1.82, 2.24) is 10.2 Å². The average Bonchev–Trinajstić information content (AvgIpc) is 3.28. The molecule has 0 aliphatic heterocycles. The molecule has 0 bridgehead atoms. The number of hydrogen-bond donors (Lipinski definition) is 1. The molecule has 3 rings (SSSR count). The second kappa shape index (κ2) is 7.01. The van der Waals surface area contributed by atoms with Gasteiger partial charge >= 0.3 is 0 Å². The summed E-state index contributed by atoms with van der Waals surface area (Å²) in [6.07, 6.45) is 4.79. The van der Waals surface area contributed by atoms with Crippen LogP contribution in [-0.4, -0.2) is 37.5 Å². The number of hydrogen-bond acceptors (Lipinski definition) is 3. The lowest BCUT2D eigenvalue weighted by Gasteiger charge is -2.24. The number of benzene rings is 1. The van der Waals surface area contributed by atoms with Crippen LogP contribution in [-0.2, 0) is 6.42 Å².